The lowest BCUT2D eigenvalue weighted by Gasteiger charge is -2.12. The van der Waals surface area contributed by atoms with Crippen molar-refractivity contribution in [2.75, 3.05) is 0 Å². The van der Waals surface area contributed by atoms with Crippen molar-refractivity contribution in [1.29, 1.82) is 0 Å². The average Bonchev–Trinajstić information content (AvgIpc) is 2.33. The molecule has 0 bridgehead atoms. The summed E-state index contributed by atoms with van der Waals surface area (Å²) >= 11 is 0. The summed E-state index contributed by atoms with van der Waals surface area (Å²) in [6, 6.07) is -0.147. The van der Waals surface area contributed by atoms with Gasteiger partial charge in [-0.3, -0.25) is 0 Å². The van der Waals surface area contributed by atoms with E-state index in [-0.39, 0.29) is 6.04 Å². The topological polar surface area (TPSA) is 52.3 Å². The largest absolute Gasteiger partial charge is 0.490 e. The Bertz CT molecular complexity index is 204. The lowest BCUT2D eigenvalue weighted by atomic mass is 10.3. The Morgan fingerprint density at radius 3 is 2.38 bits per heavy atom. The molecule has 1 aliphatic carbocycles. The monoisotopic (exact) mass is 197 g/mol. The van der Waals surface area contributed by atoms with Gasteiger partial charge in [0.15, 0.2) is 0 Å². The van der Waals surface area contributed by atoms with E-state index in [0.29, 0.717) is 19.3 Å². The van der Waals surface area contributed by atoms with Crippen molar-refractivity contribution in [3.05, 3.63) is 0 Å². The van der Waals surface area contributed by atoms with Gasteiger partial charge in [0.2, 0.25) is 0 Å². The van der Waals surface area contributed by atoms with Crippen molar-refractivity contribution in [1.82, 2.24) is 0 Å². The van der Waals surface area contributed by atoms with Crippen LogP contribution in [0.4, 0.5) is 13.2 Å². The predicted molar refractivity (Wildman–Crippen MR) is 37.8 cm³/mol. The number of nitrogens with two attached hydrogens (primary N) is 1. The standard InChI is InChI=1S/C7H10F3NO2/c8-7(9,10)6(12)13-5-2-1-4(11)3-5/h4-5H,1-3,11H2. The van der Waals surface area contributed by atoms with Gasteiger partial charge in [-0.2, -0.15) is 13.2 Å². The molecule has 1 saturated carbocycles. The van der Waals surface area contributed by atoms with Gasteiger partial charge in [-0.1, -0.05) is 0 Å². The lowest BCUT2D eigenvalue weighted by molar-refractivity contribution is -0.204. The summed E-state index contributed by atoms with van der Waals surface area (Å²) < 4.78 is 39.3. The van der Waals surface area contributed by atoms with Crippen LogP contribution < -0.4 is 5.73 Å². The molecule has 2 atom stereocenters. The van der Waals surface area contributed by atoms with E-state index in [2.05, 4.69) is 4.74 Å². The maximum absolute atomic E-state index is 11.7. The van der Waals surface area contributed by atoms with Gasteiger partial charge in [-0.25, -0.2) is 4.79 Å². The van der Waals surface area contributed by atoms with Crippen LogP contribution in [0.15, 0.2) is 0 Å². The van der Waals surface area contributed by atoms with Crippen molar-refractivity contribution >= 4 is 5.97 Å². The molecular formula is C7H10F3NO2. The number of carbonyl (C=O) groups excluding carboxylic acids is 1. The molecule has 0 heterocycles. The Morgan fingerprint density at radius 1 is 1.38 bits per heavy atom. The van der Waals surface area contributed by atoms with Crippen molar-refractivity contribution in [2.45, 2.75) is 37.6 Å². The molecule has 0 amide bonds. The minimum atomic E-state index is -4.90. The van der Waals surface area contributed by atoms with E-state index in [1.54, 1.807) is 0 Å². The fourth-order valence-electron chi connectivity index (χ4n) is 1.30. The molecule has 0 radical (unpaired) electrons. The zero-order valence-electron chi connectivity index (χ0n) is 6.80. The van der Waals surface area contributed by atoms with Crippen LogP contribution >= 0.6 is 0 Å². The molecule has 0 aliphatic heterocycles. The minimum absolute atomic E-state index is 0.147. The van der Waals surface area contributed by atoms with Gasteiger partial charge in [-0.05, 0) is 19.3 Å². The highest BCUT2D eigenvalue weighted by Crippen LogP contribution is 2.24. The van der Waals surface area contributed by atoms with Crippen molar-refractivity contribution < 1.29 is 22.7 Å². The summed E-state index contributed by atoms with van der Waals surface area (Å²) in [6.07, 6.45) is -4.21. The maximum Gasteiger partial charge on any atom is 0.490 e. The maximum atomic E-state index is 11.7. The number of ether oxygens (including phenoxy) is 1. The molecule has 0 aromatic heterocycles. The summed E-state index contributed by atoms with van der Waals surface area (Å²) in [5.41, 5.74) is 5.44. The molecule has 1 fully saturated rings. The molecule has 0 saturated heterocycles. The molecule has 0 aromatic carbocycles. The molecule has 2 N–H and O–H groups in total. The van der Waals surface area contributed by atoms with E-state index in [4.69, 9.17) is 5.73 Å². The molecule has 0 spiro atoms. The highest BCUT2D eigenvalue weighted by molar-refractivity contribution is 5.75. The first-order valence-corrected chi connectivity index (χ1v) is 3.93. The van der Waals surface area contributed by atoms with Gasteiger partial charge < -0.3 is 10.5 Å². The number of esters is 1. The number of rotatable bonds is 1. The van der Waals surface area contributed by atoms with Crippen molar-refractivity contribution in [3.63, 3.8) is 0 Å². The second-order valence-corrected chi connectivity index (χ2v) is 3.10. The molecule has 1 rings (SSSR count). The average molecular weight is 197 g/mol. The lowest BCUT2D eigenvalue weighted by Crippen LogP contribution is -2.29. The third-order valence-corrected chi connectivity index (χ3v) is 1.93. The Kier molecular flexibility index (Phi) is 2.80. The summed E-state index contributed by atoms with van der Waals surface area (Å²) in [5, 5.41) is 0. The Hall–Kier alpha value is -0.780. The fraction of sp³-hybridized carbons (Fsp3) is 0.857. The Balaban J connectivity index is 2.37. The Labute approximate surface area is 73.0 Å². The quantitative estimate of drug-likeness (QED) is 0.637. The molecule has 0 aromatic rings. The van der Waals surface area contributed by atoms with Gasteiger partial charge in [0.1, 0.15) is 6.10 Å². The molecule has 3 nitrogen and oxygen atoms in total. The normalized spacial score (nSPS) is 28.9. The van der Waals surface area contributed by atoms with Crippen molar-refractivity contribution in [2.24, 2.45) is 5.73 Å². The van der Waals surface area contributed by atoms with Gasteiger partial charge in [0.05, 0.1) is 0 Å². The van der Waals surface area contributed by atoms with Crippen LogP contribution in [0.3, 0.4) is 0 Å². The number of halogens is 3. The van der Waals surface area contributed by atoms with Crippen LogP contribution in [0.5, 0.6) is 0 Å². The number of carbonyl (C=O) groups is 1. The third kappa shape index (κ3) is 2.87. The number of hydrogen-bond acceptors (Lipinski definition) is 3. The fourth-order valence-corrected chi connectivity index (χ4v) is 1.30. The zero-order chi connectivity index (χ0) is 10.1. The molecular weight excluding hydrogens is 187 g/mol. The van der Waals surface area contributed by atoms with Crippen LogP contribution in [0.25, 0.3) is 0 Å². The smallest absolute Gasteiger partial charge is 0.456 e. The summed E-state index contributed by atoms with van der Waals surface area (Å²) in [4.78, 5) is 10.3. The summed E-state index contributed by atoms with van der Waals surface area (Å²) in [5.74, 6) is -2.12. The summed E-state index contributed by atoms with van der Waals surface area (Å²) in [7, 11) is 0. The van der Waals surface area contributed by atoms with E-state index >= 15 is 0 Å². The number of alkyl halides is 3. The van der Waals surface area contributed by atoms with Crippen LogP contribution in [0.2, 0.25) is 0 Å². The third-order valence-electron chi connectivity index (χ3n) is 1.93. The van der Waals surface area contributed by atoms with E-state index in [1.165, 1.54) is 0 Å². The van der Waals surface area contributed by atoms with Gasteiger partial charge >= 0.3 is 12.1 Å². The van der Waals surface area contributed by atoms with Gasteiger partial charge in [0.25, 0.3) is 0 Å². The molecule has 6 heteroatoms. The first-order valence-electron chi connectivity index (χ1n) is 3.93. The molecule has 2 unspecified atom stereocenters. The zero-order valence-corrected chi connectivity index (χ0v) is 6.80. The molecule has 13 heavy (non-hydrogen) atoms. The minimum Gasteiger partial charge on any atom is -0.456 e. The van der Waals surface area contributed by atoms with Gasteiger partial charge in [0, 0.05) is 6.04 Å². The van der Waals surface area contributed by atoms with Gasteiger partial charge in [-0.15, -0.1) is 0 Å². The van der Waals surface area contributed by atoms with E-state index in [0.717, 1.165) is 0 Å². The van der Waals surface area contributed by atoms with Crippen LogP contribution in [-0.4, -0.2) is 24.3 Å². The van der Waals surface area contributed by atoms with E-state index < -0.39 is 18.2 Å². The first kappa shape index (κ1) is 10.3. The van der Waals surface area contributed by atoms with Crippen molar-refractivity contribution in [3.8, 4) is 0 Å². The van der Waals surface area contributed by atoms with Crippen LogP contribution in [-0.2, 0) is 9.53 Å². The Morgan fingerprint density at radius 2 is 2.00 bits per heavy atom. The second kappa shape index (κ2) is 3.53. The highest BCUT2D eigenvalue weighted by Gasteiger charge is 2.43. The highest BCUT2D eigenvalue weighted by atomic mass is 19.4. The first-order chi connectivity index (χ1) is 5.89. The van der Waals surface area contributed by atoms with Crippen LogP contribution in [0.1, 0.15) is 19.3 Å². The molecule has 1 aliphatic rings. The molecule has 76 valence electrons. The van der Waals surface area contributed by atoms with E-state index in [1.807, 2.05) is 0 Å². The summed E-state index contributed by atoms with van der Waals surface area (Å²) in [6.45, 7) is 0. The SMILES string of the molecule is NC1CCC(OC(=O)C(F)(F)F)C1. The second-order valence-electron chi connectivity index (χ2n) is 3.10. The van der Waals surface area contributed by atoms with E-state index in [9.17, 15) is 18.0 Å². The number of hydrogen-bond donors (Lipinski definition) is 1. The predicted octanol–water partition coefficient (Wildman–Crippen LogP) is 0.972. The van der Waals surface area contributed by atoms with Crippen LogP contribution in [0, 0.1) is 0 Å².